The van der Waals surface area contributed by atoms with Crippen LogP contribution in [0.4, 0.5) is 11.5 Å². The topological polar surface area (TPSA) is 50.9 Å². The zero-order valence-corrected chi connectivity index (χ0v) is 9.29. The number of halogens is 1. The van der Waals surface area contributed by atoms with Crippen molar-refractivity contribution >= 4 is 27.4 Å². The minimum Gasteiger partial charge on any atom is -0.396 e. The lowest BCUT2D eigenvalue weighted by atomic mass is 10.2. The molecule has 4 heteroatoms. The molecular weight excluding hydrogens is 242 g/mol. The number of rotatable bonds is 2. The van der Waals surface area contributed by atoms with E-state index in [1.807, 2.05) is 6.07 Å². The highest BCUT2D eigenvalue weighted by Crippen LogP contribution is 2.23. The molecule has 0 fully saturated rings. The Morgan fingerprint density at radius 1 is 1.43 bits per heavy atom. The summed E-state index contributed by atoms with van der Waals surface area (Å²) in [5.74, 6) is 0.780. The van der Waals surface area contributed by atoms with E-state index < -0.39 is 0 Å². The molecule has 0 saturated heterocycles. The summed E-state index contributed by atoms with van der Waals surface area (Å²) in [6.07, 6.45) is 8.20. The maximum absolute atomic E-state index is 5.82. The zero-order valence-electron chi connectivity index (χ0n) is 7.70. The van der Waals surface area contributed by atoms with Crippen molar-refractivity contribution in [2.75, 3.05) is 11.1 Å². The molecule has 0 unspecified atom stereocenters. The van der Waals surface area contributed by atoms with Crippen LogP contribution in [0.2, 0.25) is 0 Å². The molecule has 2 rings (SSSR count). The van der Waals surface area contributed by atoms with Crippen LogP contribution in [-0.2, 0) is 0 Å². The Kier molecular flexibility index (Phi) is 2.72. The van der Waals surface area contributed by atoms with E-state index in [-0.39, 0.29) is 0 Å². The average Bonchev–Trinajstić information content (AvgIpc) is 2.62. The van der Waals surface area contributed by atoms with Gasteiger partial charge in [0.2, 0.25) is 0 Å². The Morgan fingerprint density at radius 2 is 2.14 bits per heavy atom. The Balaban J connectivity index is 2.08. The van der Waals surface area contributed by atoms with Gasteiger partial charge in [0.05, 0.1) is 5.69 Å². The molecule has 74 valence electrons. The van der Waals surface area contributed by atoms with Crippen molar-refractivity contribution in [3.05, 3.63) is 28.9 Å². The number of nitrogen functional groups attached to an aromatic ring is 1. The molecule has 3 nitrogen and oxygen atoms in total. The molecule has 1 aromatic heterocycles. The Hall–Kier alpha value is -1.03. The molecular formula is C10H12BrN3. The van der Waals surface area contributed by atoms with Crippen molar-refractivity contribution in [3.63, 3.8) is 0 Å². The summed E-state index contributed by atoms with van der Waals surface area (Å²) in [5, 5.41) is 3.32. The molecule has 1 aromatic rings. The fraction of sp³-hybridized carbons (Fsp3) is 0.300. The smallest absolute Gasteiger partial charge is 0.149 e. The van der Waals surface area contributed by atoms with Gasteiger partial charge in [-0.2, -0.15) is 0 Å². The van der Waals surface area contributed by atoms with Crippen molar-refractivity contribution in [3.8, 4) is 0 Å². The molecule has 1 aliphatic carbocycles. The first-order valence-electron chi connectivity index (χ1n) is 4.58. The summed E-state index contributed by atoms with van der Waals surface area (Å²) in [4.78, 5) is 4.23. The number of hydrogen-bond donors (Lipinski definition) is 2. The van der Waals surface area contributed by atoms with Gasteiger partial charge in [-0.1, -0.05) is 12.2 Å². The van der Waals surface area contributed by atoms with E-state index in [0.717, 1.165) is 23.1 Å². The maximum atomic E-state index is 5.82. The molecule has 3 N–H and O–H groups in total. The van der Waals surface area contributed by atoms with Gasteiger partial charge in [-0.25, -0.2) is 4.98 Å². The normalized spacial score (nSPS) is 16.1. The maximum Gasteiger partial charge on any atom is 0.149 e. The SMILES string of the molecule is Nc1cc(Br)cnc1NC1CC=CC1. The summed E-state index contributed by atoms with van der Waals surface area (Å²) >= 11 is 3.33. The van der Waals surface area contributed by atoms with E-state index >= 15 is 0 Å². The van der Waals surface area contributed by atoms with Crippen LogP contribution in [-0.4, -0.2) is 11.0 Å². The lowest BCUT2D eigenvalue weighted by molar-refractivity contribution is 0.781. The van der Waals surface area contributed by atoms with Gasteiger partial charge < -0.3 is 11.1 Å². The fourth-order valence-electron chi connectivity index (χ4n) is 1.50. The van der Waals surface area contributed by atoms with Crippen molar-refractivity contribution in [1.29, 1.82) is 0 Å². The van der Waals surface area contributed by atoms with Crippen molar-refractivity contribution in [1.82, 2.24) is 4.98 Å². The first kappa shape index (κ1) is 9.52. The molecule has 0 saturated carbocycles. The molecule has 0 amide bonds. The Bertz CT molecular complexity index is 354. The monoisotopic (exact) mass is 253 g/mol. The largest absolute Gasteiger partial charge is 0.396 e. The standard InChI is InChI=1S/C10H12BrN3/c11-7-5-9(12)10(13-6-7)14-8-3-1-2-4-8/h1-2,5-6,8H,3-4,12H2,(H,13,14). The zero-order chi connectivity index (χ0) is 9.97. The van der Waals surface area contributed by atoms with Crippen LogP contribution in [0, 0.1) is 0 Å². The summed E-state index contributed by atoms with van der Waals surface area (Å²) < 4.78 is 0.907. The average molecular weight is 254 g/mol. The highest BCUT2D eigenvalue weighted by molar-refractivity contribution is 9.10. The first-order valence-corrected chi connectivity index (χ1v) is 5.37. The molecule has 0 bridgehead atoms. The van der Waals surface area contributed by atoms with Gasteiger partial charge in [0.25, 0.3) is 0 Å². The van der Waals surface area contributed by atoms with Crippen LogP contribution in [0.25, 0.3) is 0 Å². The second-order valence-corrected chi connectivity index (χ2v) is 4.29. The summed E-state index contributed by atoms with van der Waals surface area (Å²) in [6.45, 7) is 0. The van der Waals surface area contributed by atoms with Gasteiger partial charge in [-0.15, -0.1) is 0 Å². The molecule has 0 spiro atoms. The number of aromatic nitrogens is 1. The highest BCUT2D eigenvalue weighted by Gasteiger charge is 2.11. The van der Waals surface area contributed by atoms with Gasteiger partial charge in [0.1, 0.15) is 5.82 Å². The number of hydrogen-bond acceptors (Lipinski definition) is 3. The minimum atomic E-state index is 0.450. The number of nitrogens with one attached hydrogen (secondary N) is 1. The van der Waals surface area contributed by atoms with Crippen LogP contribution in [0.15, 0.2) is 28.9 Å². The lowest BCUT2D eigenvalue weighted by Crippen LogP contribution is -2.17. The predicted molar refractivity (Wildman–Crippen MR) is 62.1 cm³/mol. The van der Waals surface area contributed by atoms with E-state index in [2.05, 4.69) is 38.4 Å². The second kappa shape index (κ2) is 4.00. The Labute approximate surface area is 91.5 Å². The fourth-order valence-corrected chi connectivity index (χ4v) is 1.85. The van der Waals surface area contributed by atoms with Crippen LogP contribution in [0.3, 0.4) is 0 Å². The summed E-state index contributed by atoms with van der Waals surface area (Å²) in [5.41, 5.74) is 6.51. The molecule has 0 radical (unpaired) electrons. The quantitative estimate of drug-likeness (QED) is 0.797. The number of nitrogens with two attached hydrogens (primary N) is 1. The van der Waals surface area contributed by atoms with Gasteiger partial charge >= 0.3 is 0 Å². The van der Waals surface area contributed by atoms with Gasteiger partial charge in [0.15, 0.2) is 0 Å². The molecule has 0 aliphatic heterocycles. The van der Waals surface area contributed by atoms with Crippen LogP contribution >= 0.6 is 15.9 Å². The second-order valence-electron chi connectivity index (χ2n) is 3.38. The molecule has 1 heterocycles. The van der Waals surface area contributed by atoms with E-state index in [1.54, 1.807) is 6.20 Å². The summed E-state index contributed by atoms with van der Waals surface area (Å²) in [6, 6.07) is 2.31. The van der Waals surface area contributed by atoms with Crippen LogP contribution < -0.4 is 11.1 Å². The number of anilines is 2. The van der Waals surface area contributed by atoms with Crippen molar-refractivity contribution in [2.45, 2.75) is 18.9 Å². The Morgan fingerprint density at radius 3 is 2.79 bits per heavy atom. The van der Waals surface area contributed by atoms with E-state index in [1.165, 1.54) is 0 Å². The van der Waals surface area contributed by atoms with Gasteiger partial charge in [-0.3, -0.25) is 0 Å². The minimum absolute atomic E-state index is 0.450. The van der Waals surface area contributed by atoms with Gasteiger partial charge in [0, 0.05) is 16.7 Å². The molecule has 0 atom stereocenters. The third kappa shape index (κ3) is 2.07. The van der Waals surface area contributed by atoms with Crippen molar-refractivity contribution in [2.24, 2.45) is 0 Å². The van der Waals surface area contributed by atoms with Crippen LogP contribution in [0.5, 0.6) is 0 Å². The van der Waals surface area contributed by atoms with E-state index in [0.29, 0.717) is 11.7 Å². The number of pyridine rings is 1. The predicted octanol–water partition coefficient (Wildman–Crippen LogP) is 2.56. The third-order valence-electron chi connectivity index (χ3n) is 2.23. The lowest BCUT2D eigenvalue weighted by Gasteiger charge is -2.14. The highest BCUT2D eigenvalue weighted by atomic mass is 79.9. The number of nitrogens with zero attached hydrogens (tertiary/aromatic N) is 1. The summed E-state index contributed by atoms with van der Waals surface area (Å²) in [7, 11) is 0. The molecule has 14 heavy (non-hydrogen) atoms. The molecule has 0 aromatic carbocycles. The molecule has 1 aliphatic rings. The first-order chi connectivity index (χ1) is 6.75. The van der Waals surface area contributed by atoms with E-state index in [4.69, 9.17) is 5.73 Å². The third-order valence-corrected chi connectivity index (χ3v) is 2.67. The van der Waals surface area contributed by atoms with Crippen LogP contribution in [0.1, 0.15) is 12.8 Å². The van der Waals surface area contributed by atoms with Gasteiger partial charge in [-0.05, 0) is 34.8 Å². The van der Waals surface area contributed by atoms with Crippen molar-refractivity contribution < 1.29 is 0 Å². The van der Waals surface area contributed by atoms with E-state index in [9.17, 15) is 0 Å².